The van der Waals surface area contributed by atoms with Gasteiger partial charge >= 0.3 is 0 Å². The van der Waals surface area contributed by atoms with Crippen LogP contribution in [0.25, 0.3) is 0 Å². The van der Waals surface area contributed by atoms with Gasteiger partial charge in [0.1, 0.15) is 5.75 Å². The fourth-order valence-electron chi connectivity index (χ4n) is 4.00. The van der Waals surface area contributed by atoms with Crippen molar-refractivity contribution in [3.63, 3.8) is 0 Å². The minimum atomic E-state index is -0.246. The predicted octanol–water partition coefficient (Wildman–Crippen LogP) is 4.83. The third-order valence-corrected chi connectivity index (χ3v) is 6.26. The molecule has 28 heavy (non-hydrogen) atoms. The Morgan fingerprint density at radius 2 is 2.00 bits per heavy atom. The second-order valence-corrected chi connectivity index (χ2v) is 8.15. The van der Waals surface area contributed by atoms with Crippen molar-refractivity contribution in [1.82, 2.24) is 4.90 Å². The molecule has 0 radical (unpaired) electrons. The van der Waals surface area contributed by atoms with Crippen molar-refractivity contribution in [2.24, 2.45) is 0 Å². The lowest BCUT2D eigenvalue weighted by molar-refractivity contribution is -0.136. The number of nitrogens with zero attached hydrogens (tertiary/aromatic N) is 1. The number of aliphatic hydroxyl groups excluding tert-OH is 1. The first-order valence-corrected chi connectivity index (χ1v) is 10.2. The van der Waals surface area contributed by atoms with Crippen LogP contribution in [0.2, 0.25) is 10.0 Å². The number of hydrogen-bond acceptors (Lipinski definition) is 3. The van der Waals surface area contributed by atoms with E-state index in [1.165, 1.54) is 0 Å². The molecular formula is C22H25Cl2NO3. The number of hydrogen-bond donors (Lipinski definition) is 1. The minimum absolute atomic E-state index is 0.118. The van der Waals surface area contributed by atoms with Crippen molar-refractivity contribution in [3.8, 4) is 5.75 Å². The summed E-state index contributed by atoms with van der Waals surface area (Å²) in [5, 5.41) is 10.5. The van der Waals surface area contributed by atoms with E-state index in [0.29, 0.717) is 36.0 Å². The van der Waals surface area contributed by atoms with E-state index in [1.54, 1.807) is 7.11 Å². The topological polar surface area (TPSA) is 49.8 Å². The Bertz CT molecular complexity index is 842. The molecule has 0 spiro atoms. The lowest BCUT2D eigenvalue weighted by Crippen LogP contribution is -2.48. The Labute approximate surface area is 176 Å². The standard InChI is InChI=1S/C22H25Cl2NO3/c1-28-18-5-2-4-16(12-18)14-25-15-22(9-3-11-26,10-8-21(25)27)17-6-7-19(23)20(24)13-17/h2,4-7,12-13,26H,3,8-11,14-15H2,1H3. The lowest BCUT2D eigenvalue weighted by Gasteiger charge is -2.43. The Kier molecular flexibility index (Phi) is 6.86. The number of piperidine rings is 1. The Balaban J connectivity index is 1.89. The molecule has 1 amide bonds. The van der Waals surface area contributed by atoms with E-state index >= 15 is 0 Å². The van der Waals surface area contributed by atoms with Crippen LogP contribution in [-0.4, -0.2) is 36.2 Å². The van der Waals surface area contributed by atoms with Gasteiger partial charge in [-0.1, -0.05) is 41.4 Å². The molecule has 4 nitrogen and oxygen atoms in total. The Morgan fingerprint density at radius 1 is 1.18 bits per heavy atom. The Morgan fingerprint density at radius 3 is 2.71 bits per heavy atom. The van der Waals surface area contributed by atoms with Gasteiger partial charge in [-0.25, -0.2) is 0 Å². The molecule has 0 aromatic heterocycles. The molecule has 1 heterocycles. The van der Waals surface area contributed by atoms with E-state index in [9.17, 15) is 9.90 Å². The molecule has 150 valence electrons. The predicted molar refractivity (Wildman–Crippen MR) is 112 cm³/mol. The maximum absolute atomic E-state index is 12.7. The van der Waals surface area contributed by atoms with E-state index in [4.69, 9.17) is 27.9 Å². The number of likely N-dealkylation sites (tertiary alicyclic amines) is 1. The SMILES string of the molecule is COc1cccc(CN2CC(CCCO)(c3ccc(Cl)c(Cl)c3)CCC2=O)c1. The van der Waals surface area contributed by atoms with Crippen molar-refractivity contribution >= 4 is 29.1 Å². The molecule has 2 aromatic rings. The van der Waals surface area contributed by atoms with Gasteiger partial charge in [-0.15, -0.1) is 0 Å². The summed E-state index contributed by atoms with van der Waals surface area (Å²) in [6, 6.07) is 13.5. The number of benzene rings is 2. The molecule has 2 aromatic carbocycles. The summed E-state index contributed by atoms with van der Waals surface area (Å²) in [5.41, 5.74) is 1.85. The number of ether oxygens (including phenoxy) is 1. The first kappa shape index (κ1) is 21.0. The van der Waals surface area contributed by atoms with Crippen LogP contribution in [-0.2, 0) is 16.8 Å². The summed E-state index contributed by atoms with van der Waals surface area (Å²) < 4.78 is 5.30. The maximum Gasteiger partial charge on any atom is 0.222 e. The third kappa shape index (κ3) is 4.62. The molecule has 1 saturated heterocycles. The molecule has 1 fully saturated rings. The van der Waals surface area contributed by atoms with E-state index < -0.39 is 0 Å². The summed E-state index contributed by atoms with van der Waals surface area (Å²) >= 11 is 12.4. The van der Waals surface area contributed by atoms with E-state index in [0.717, 1.165) is 29.7 Å². The van der Waals surface area contributed by atoms with Gasteiger partial charge in [0.2, 0.25) is 5.91 Å². The smallest absolute Gasteiger partial charge is 0.222 e. The quantitative estimate of drug-likeness (QED) is 0.695. The number of methoxy groups -OCH3 is 1. The number of halogens is 2. The second-order valence-electron chi connectivity index (χ2n) is 7.34. The van der Waals surface area contributed by atoms with E-state index in [2.05, 4.69) is 0 Å². The molecule has 1 aliphatic rings. The summed E-state index contributed by atoms with van der Waals surface area (Å²) in [6.07, 6.45) is 2.65. The van der Waals surface area contributed by atoms with Crippen LogP contribution in [0, 0.1) is 0 Å². The summed E-state index contributed by atoms with van der Waals surface area (Å²) in [4.78, 5) is 14.6. The van der Waals surface area contributed by atoms with Crippen LogP contribution in [0.1, 0.15) is 36.8 Å². The molecule has 0 bridgehead atoms. The lowest BCUT2D eigenvalue weighted by atomic mass is 9.71. The number of amides is 1. The third-order valence-electron chi connectivity index (χ3n) is 5.52. The molecular weight excluding hydrogens is 397 g/mol. The zero-order valence-electron chi connectivity index (χ0n) is 16.0. The molecule has 0 aliphatic carbocycles. The zero-order chi connectivity index (χ0) is 20.1. The van der Waals surface area contributed by atoms with Crippen molar-refractivity contribution in [3.05, 3.63) is 63.6 Å². The van der Waals surface area contributed by atoms with Crippen LogP contribution >= 0.6 is 23.2 Å². The summed E-state index contributed by atoms with van der Waals surface area (Å²) in [5.74, 6) is 0.917. The van der Waals surface area contributed by atoms with E-state index in [1.807, 2.05) is 47.4 Å². The van der Waals surface area contributed by atoms with Gasteiger partial charge in [0.25, 0.3) is 0 Å². The van der Waals surface area contributed by atoms with Gasteiger partial charge in [0.05, 0.1) is 17.2 Å². The average Bonchev–Trinajstić information content (AvgIpc) is 2.71. The molecule has 0 saturated carbocycles. The highest BCUT2D eigenvalue weighted by Gasteiger charge is 2.40. The molecule has 1 aliphatic heterocycles. The number of rotatable bonds is 7. The van der Waals surface area contributed by atoms with Gasteiger partial charge in [0, 0.05) is 31.5 Å². The molecule has 6 heteroatoms. The van der Waals surface area contributed by atoms with Gasteiger partial charge in [-0.3, -0.25) is 4.79 Å². The largest absolute Gasteiger partial charge is 0.497 e. The molecule has 1 atom stereocenters. The van der Waals surface area contributed by atoms with Crippen LogP contribution < -0.4 is 4.74 Å². The first-order chi connectivity index (χ1) is 13.5. The van der Waals surface area contributed by atoms with Crippen molar-refractivity contribution in [2.45, 2.75) is 37.6 Å². The Hall–Kier alpha value is -1.75. The number of carbonyl (C=O) groups is 1. The highest BCUT2D eigenvalue weighted by Crippen LogP contribution is 2.41. The highest BCUT2D eigenvalue weighted by molar-refractivity contribution is 6.42. The molecule has 3 rings (SSSR count). The number of aliphatic hydroxyl groups is 1. The van der Waals surface area contributed by atoms with Gasteiger partial charge in [-0.05, 0) is 54.7 Å². The second kappa shape index (κ2) is 9.17. The van der Waals surface area contributed by atoms with Crippen LogP contribution in [0.3, 0.4) is 0 Å². The monoisotopic (exact) mass is 421 g/mol. The normalized spacial score (nSPS) is 19.7. The fourth-order valence-corrected chi connectivity index (χ4v) is 4.30. The molecule has 1 N–H and O–H groups in total. The van der Waals surface area contributed by atoms with Crippen molar-refractivity contribution in [2.75, 3.05) is 20.3 Å². The maximum atomic E-state index is 12.7. The van der Waals surface area contributed by atoms with Crippen LogP contribution in [0.5, 0.6) is 5.75 Å². The van der Waals surface area contributed by atoms with E-state index in [-0.39, 0.29) is 17.9 Å². The van der Waals surface area contributed by atoms with Crippen molar-refractivity contribution < 1.29 is 14.6 Å². The van der Waals surface area contributed by atoms with Crippen molar-refractivity contribution in [1.29, 1.82) is 0 Å². The van der Waals surface area contributed by atoms with Gasteiger partial charge in [0.15, 0.2) is 0 Å². The number of carbonyl (C=O) groups excluding carboxylic acids is 1. The summed E-state index contributed by atoms with van der Waals surface area (Å²) in [6.45, 7) is 1.23. The molecule has 1 unspecified atom stereocenters. The first-order valence-electron chi connectivity index (χ1n) is 9.44. The highest BCUT2D eigenvalue weighted by atomic mass is 35.5. The van der Waals surface area contributed by atoms with Crippen LogP contribution in [0.15, 0.2) is 42.5 Å². The van der Waals surface area contributed by atoms with Gasteiger partial charge < -0.3 is 14.7 Å². The zero-order valence-corrected chi connectivity index (χ0v) is 17.5. The summed E-state index contributed by atoms with van der Waals surface area (Å²) in [7, 11) is 1.63. The van der Waals surface area contributed by atoms with Crippen LogP contribution in [0.4, 0.5) is 0 Å². The van der Waals surface area contributed by atoms with Gasteiger partial charge in [-0.2, -0.15) is 0 Å². The fraction of sp³-hybridized carbons (Fsp3) is 0.409. The minimum Gasteiger partial charge on any atom is -0.497 e. The average molecular weight is 422 g/mol.